The molecular formula is C14H9Cl3N2O. The summed E-state index contributed by atoms with van der Waals surface area (Å²) in [6, 6.07) is 8.88. The molecule has 0 atom stereocenters. The molecule has 3 aromatic rings. The van der Waals surface area contributed by atoms with E-state index in [0.29, 0.717) is 37.7 Å². The van der Waals surface area contributed by atoms with Gasteiger partial charge < -0.3 is 9.72 Å². The van der Waals surface area contributed by atoms with Gasteiger partial charge in [-0.1, -0.05) is 34.8 Å². The van der Waals surface area contributed by atoms with Gasteiger partial charge in [-0.25, -0.2) is 4.98 Å². The van der Waals surface area contributed by atoms with Crippen molar-refractivity contribution in [2.45, 2.75) is 0 Å². The molecule has 0 radical (unpaired) electrons. The molecule has 102 valence electrons. The summed E-state index contributed by atoms with van der Waals surface area (Å²) in [4.78, 5) is 7.63. The topological polar surface area (TPSA) is 37.9 Å². The summed E-state index contributed by atoms with van der Waals surface area (Å²) in [5, 5.41) is 1.64. The lowest BCUT2D eigenvalue weighted by Crippen LogP contribution is -1.86. The van der Waals surface area contributed by atoms with Gasteiger partial charge >= 0.3 is 0 Å². The number of H-pyrrole nitrogens is 1. The maximum atomic E-state index is 6.13. The third-order valence-electron chi connectivity index (χ3n) is 2.97. The molecule has 0 bridgehead atoms. The summed E-state index contributed by atoms with van der Waals surface area (Å²) in [7, 11) is 1.57. The zero-order chi connectivity index (χ0) is 14.3. The fraction of sp³-hybridized carbons (Fsp3) is 0.0714. The normalized spacial score (nSPS) is 11.0. The SMILES string of the molecule is COc1ccc(-c2nc3c(Cl)ccc(Cl)c3[nH]2)cc1Cl. The van der Waals surface area contributed by atoms with E-state index in [1.54, 1.807) is 31.4 Å². The van der Waals surface area contributed by atoms with Crippen molar-refractivity contribution < 1.29 is 4.74 Å². The van der Waals surface area contributed by atoms with Crippen molar-refractivity contribution >= 4 is 45.8 Å². The van der Waals surface area contributed by atoms with Crippen LogP contribution in [0.15, 0.2) is 30.3 Å². The molecule has 0 saturated heterocycles. The zero-order valence-electron chi connectivity index (χ0n) is 10.4. The molecule has 1 N–H and O–H groups in total. The van der Waals surface area contributed by atoms with Crippen LogP contribution in [-0.2, 0) is 0 Å². The van der Waals surface area contributed by atoms with Crippen molar-refractivity contribution in [3.05, 3.63) is 45.4 Å². The van der Waals surface area contributed by atoms with Crippen molar-refractivity contribution in [1.29, 1.82) is 0 Å². The van der Waals surface area contributed by atoms with Crippen LogP contribution in [0.4, 0.5) is 0 Å². The Labute approximate surface area is 130 Å². The molecule has 0 unspecified atom stereocenters. The van der Waals surface area contributed by atoms with E-state index in [-0.39, 0.29) is 0 Å². The summed E-state index contributed by atoms with van der Waals surface area (Å²) in [5.41, 5.74) is 2.18. The van der Waals surface area contributed by atoms with Gasteiger partial charge in [-0.05, 0) is 30.3 Å². The molecule has 1 aromatic heterocycles. The van der Waals surface area contributed by atoms with E-state index < -0.39 is 0 Å². The Morgan fingerprint density at radius 2 is 1.75 bits per heavy atom. The first-order valence-corrected chi connectivity index (χ1v) is 6.91. The van der Waals surface area contributed by atoms with E-state index in [0.717, 1.165) is 5.56 Å². The highest BCUT2D eigenvalue weighted by Crippen LogP contribution is 2.33. The van der Waals surface area contributed by atoms with Gasteiger partial charge in [0.05, 0.1) is 27.7 Å². The van der Waals surface area contributed by atoms with Gasteiger partial charge in [-0.15, -0.1) is 0 Å². The van der Waals surface area contributed by atoms with Crippen molar-refractivity contribution in [2.75, 3.05) is 7.11 Å². The van der Waals surface area contributed by atoms with Gasteiger partial charge in [-0.3, -0.25) is 0 Å². The van der Waals surface area contributed by atoms with Gasteiger partial charge in [-0.2, -0.15) is 0 Å². The number of halogens is 3. The van der Waals surface area contributed by atoms with Crippen LogP contribution in [0, 0.1) is 0 Å². The largest absolute Gasteiger partial charge is 0.495 e. The molecule has 0 aliphatic carbocycles. The predicted molar refractivity (Wildman–Crippen MR) is 83.1 cm³/mol. The van der Waals surface area contributed by atoms with Crippen LogP contribution in [0.2, 0.25) is 15.1 Å². The van der Waals surface area contributed by atoms with Crippen LogP contribution in [0.25, 0.3) is 22.4 Å². The Hall–Kier alpha value is -1.42. The van der Waals surface area contributed by atoms with Crippen molar-refractivity contribution in [3.8, 4) is 17.1 Å². The zero-order valence-corrected chi connectivity index (χ0v) is 12.6. The number of fused-ring (bicyclic) bond motifs is 1. The third-order valence-corrected chi connectivity index (χ3v) is 3.89. The minimum absolute atomic E-state index is 0.516. The minimum atomic E-state index is 0.516. The standard InChI is InChI=1S/C14H9Cl3N2O/c1-20-11-5-2-7(6-10(11)17)14-18-12-8(15)3-4-9(16)13(12)19-14/h2-6H,1H3,(H,18,19). The number of rotatable bonds is 2. The average Bonchev–Trinajstić information content (AvgIpc) is 2.89. The second kappa shape index (κ2) is 5.17. The Bertz CT molecular complexity index is 759. The quantitative estimate of drug-likeness (QED) is 0.702. The second-order valence-electron chi connectivity index (χ2n) is 4.19. The Kier molecular flexibility index (Phi) is 3.50. The molecule has 0 amide bonds. The number of imidazole rings is 1. The van der Waals surface area contributed by atoms with E-state index in [1.807, 2.05) is 6.07 Å². The molecule has 3 nitrogen and oxygen atoms in total. The van der Waals surface area contributed by atoms with Crippen molar-refractivity contribution in [3.63, 3.8) is 0 Å². The number of ether oxygens (including phenoxy) is 1. The molecule has 20 heavy (non-hydrogen) atoms. The van der Waals surface area contributed by atoms with Gasteiger partial charge in [0.25, 0.3) is 0 Å². The summed E-state index contributed by atoms with van der Waals surface area (Å²) in [6.07, 6.45) is 0. The molecule has 6 heteroatoms. The van der Waals surface area contributed by atoms with Gasteiger partial charge in [0.1, 0.15) is 17.1 Å². The first-order chi connectivity index (χ1) is 9.60. The number of nitrogens with one attached hydrogen (secondary N) is 1. The van der Waals surface area contributed by atoms with Crippen molar-refractivity contribution in [2.24, 2.45) is 0 Å². The fourth-order valence-electron chi connectivity index (χ4n) is 1.98. The van der Waals surface area contributed by atoms with Crippen LogP contribution in [-0.4, -0.2) is 17.1 Å². The van der Waals surface area contributed by atoms with E-state index in [4.69, 9.17) is 39.5 Å². The van der Waals surface area contributed by atoms with Crippen LogP contribution in [0.5, 0.6) is 5.75 Å². The molecule has 1 heterocycles. The molecular weight excluding hydrogens is 319 g/mol. The maximum Gasteiger partial charge on any atom is 0.138 e. The predicted octanol–water partition coefficient (Wildman–Crippen LogP) is 5.20. The first-order valence-electron chi connectivity index (χ1n) is 5.78. The highest BCUT2D eigenvalue weighted by molar-refractivity contribution is 6.39. The molecule has 2 aromatic carbocycles. The summed E-state index contributed by atoms with van der Waals surface area (Å²) >= 11 is 18.4. The lowest BCUT2D eigenvalue weighted by atomic mass is 10.2. The molecule has 0 saturated carbocycles. The number of nitrogens with zero attached hydrogens (tertiary/aromatic N) is 1. The number of aromatic amines is 1. The average molecular weight is 328 g/mol. The number of hydrogen-bond donors (Lipinski definition) is 1. The summed E-state index contributed by atoms with van der Waals surface area (Å²) in [5.74, 6) is 1.27. The smallest absolute Gasteiger partial charge is 0.138 e. The maximum absolute atomic E-state index is 6.13. The van der Waals surface area contributed by atoms with Gasteiger partial charge in [0.15, 0.2) is 0 Å². The molecule has 3 rings (SSSR count). The van der Waals surface area contributed by atoms with Crippen molar-refractivity contribution in [1.82, 2.24) is 9.97 Å². The number of methoxy groups -OCH3 is 1. The monoisotopic (exact) mass is 326 g/mol. The number of benzene rings is 2. The van der Waals surface area contributed by atoms with Crippen LogP contribution in [0.3, 0.4) is 0 Å². The number of hydrogen-bond acceptors (Lipinski definition) is 2. The van der Waals surface area contributed by atoms with Crippen LogP contribution in [0.1, 0.15) is 0 Å². The molecule has 0 aliphatic rings. The van der Waals surface area contributed by atoms with Gasteiger partial charge in [0, 0.05) is 5.56 Å². The van der Waals surface area contributed by atoms with E-state index in [1.165, 1.54) is 0 Å². The lowest BCUT2D eigenvalue weighted by molar-refractivity contribution is 0.415. The van der Waals surface area contributed by atoms with Crippen LogP contribution < -0.4 is 4.74 Å². The Morgan fingerprint density at radius 3 is 2.40 bits per heavy atom. The van der Waals surface area contributed by atoms with E-state index in [2.05, 4.69) is 9.97 Å². The fourth-order valence-corrected chi connectivity index (χ4v) is 2.64. The lowest BCUT2D eigenvalue weighted by Gasteiger charge is -2.03. The minimum Gasteiger partial charge on any atom is -0.495 e. The first kappa shape index (κ1) is 13.6. The highest BCUT2D eigenvalue weighted by atomic mass is 35.5. The summed E-state index contributed by atoms with van der Waals surface area (Å²) < 4.78 is 5.13. The summed E-state index contributed by atoms with van der Waals surface area (Å²) in [6.45, 7) is 0. The molecule has 0 aliphatic heterocycles. The van der Waals surface area contributed by atoms with E-state index in [9.17, 15) is 0 Å². The number of aromatic nitrogens is 2. The Morgan fingerprint density at radius 1 is 1.00 bits per heavy atom. The second-order valence-corrected chi connectivity index (χ2v) is 5.41. The van der Waals surface area contributed by atoms with Crippen LogP contribution >= 0.6 is 34.8 Å². The Balaban J connectivity index is 2.17. The molecule has 0 fully saturated rings. The van der Waals surface area contributed by atoms with Gasteiger partial charge in [0.2, 0.25) is 0 Å². The third kappa shape index (κ3) is 2.22. The highest BCUT2D eigenvalue weighted by Gasteiger charge is 2.12. The van der Waals surface area contributed by atoms with E-state index >= 15 is 0 Å². The molecule has 0 spiro atoms.